The Labute approximate surface area is 102 Å². The van der Waals surface area contributed by atoms with Crippen molar-refractivity contribution in [3.63, 3.8) is 0 Å². The number of carbonyl (C=O) groups excluding carboxylic acids is 3. The molecule has 0 rings (SSSR count). The van der Waals surface area contributed by atoms with E-state index in [1.54, 1.807) is 11.9 Å². The van der Waals surface area contributed by atoms with Crippen molar-refractivity contribution in [2.24, 2.45) is 0 Å². The third kappa shape index (κ3) is 12.4. The summed E-state index contributed by atoms with van der Waals surface area (Å²) in [4.78, 5) is 32.8. The lowest BCUT2D eigenvalue weighted by Crippen LogP contribution is -2.25. The van der Waals surface area contributed by atoms with Crippen LogP contribution >= 0.6 is 0 Å². The number of carbonyl (C=O) groups is 3. The van der Waals surface area contributed by atoms with Crippen molar-refractivity contribution < 1.29 is 19.5 Å². The predicted octanol–water partition coefficient (Wildman–Crippen LogP) is 0.568. The molecule has 0 saturated carbocycles. The summed E-state index contributed by atoms with van der Waals surface area (Å²) in [6.07, 6.45) is 7.19. The van der Waals surface area contributed by atoms with E-state index >= 15 is 0 Å². The van der Waals surface area contributed by atoms with Gasteiger partial charge in [0.15, 0.2) is 0 Å². The summed E-state index contributed by atoms with van der Waals surface area (Å²) >= 11 is 0. The van der Waals surface area contributed by atoms with Gasteiger partial charge in [0.25, 0.3) is 0 Å². The molecule has 0 fully saturated rings. The maximum Gasteiger partial charge on any atom is 0.246 e. The van der Waals surface area contributed by atoms with Crippen LogP contribution in [0.15, 0.2) is 12.2 Å². The Balaban J connectivity index is 0. The van der Waals surface area contributed by atoms with Crippen molar-refractivity contribution in [2.75, 3.05) is 20.7 Å². The lowest BCUT2D eigenvalue weighted by atomic mass is 10.2. The maximum absolute atomic E-state index is 11.2. The number of aliphatic hydroxyl groups excluding tert-OH is 1. The molecule has 0 aliphatic rings. The van der Waals surface area contributed by atoms with Crippen LogP contribution in [-0.4, -0.2) is 49.2 Å². The van der Waals surface area contributed by atoms with Crippen LogP contribution in [0.2, 0.25) is 0 Å². The zero-order valence-corrected chi connectivity index (χ0v) is 10.5. The molecule has 5 nitrogen and oxygen atoms in total. The van der Waals surface area contributed by atoms with E-state index in [1.807, 2.05) is 0 Å². The van der Waals surface area contributed by atoms with Crippen LogP contribution in [-0.2, 0) is 14.4 Å². The van der Waals surface area contributed by atoms with E-state index in [0.29, 0.717) is 19.3 Å². The van der Waals surface area contributed by atoms with E-state index in [9.17, 15) is 14.4 Å². The van der Waals surface area contributed by atoms with Gasteiger partial charge in [-0.1, -0.05) is 6.42 Å². The number of likely N-dealkylation sites (N-methyl/N-ethyl adjacent to an activating group) is 1. The Morgan fingerprint density at radius 3 is 2.35 bits per heavy atom. The van der Waals surface area contributed by atoms with Gasteiger partial charge in [0.2, 0.25) is 5.91 Å². The zero-order valence-electron chi connectivity index (χ0n) is 10.5. The van der Waals surface area contributed by atoms with Crippen LogP contribution in [0, 0.1) is 0 Å². The number of aliphatic hydroxyl groups is 1. The fourth-order valence-electron chi connectivity index (χ4n) is 1.11. The number of unbranched alkanes of at least 4 members (excludes halogenated alkanes) is 3. The molecule has 0 aromatic heterocycles. The van der Waals surface area contributed by atoms with Crippen LogP contribution in [0.25, 0.3) is 0 Å². The molecule has 1 amide bonds. The average Bonchev–Trinajstić information content (AvgIpc) is 2.37. The highest BCUT2D eigenvalue weighted by molar-refractivity contribution is 5.90. The van der Waals surface area contributed by atoms with Crippen LogP contribution in [0.5, 0.6) is 0 Å². The molecular weight excluding hydrogens is 222 g/mol. The van der Waals surface area contributed by atoms with Gasteiger partial charge in [-0.05, 0) is 18.9 Å². The number of amides is 1. The first-order valence-corrected chi connectivity index (χ1v) is 5.47. The van der Waals surface area contributed by atoms with Crippen molar-refractivity contribution in [1.29, 1.82) is 0 Å². The summed E-state index contributed by atoms with van der Waals surface area (Å²) in [6, 6.07) is 0. The maximum atomic E-state index is 11.2. The molecule has 0 radical (unpaired) electrons. The average molecular weight is 243 g/mol. The van der Waals surface area contributed by atoms with Gasteiger partial charge in [0.1, 0.15) is 12.6 Å². The second-order valence-electron chi connectivity index (χ2n) is 3.27. The summed E-state index contributed by atoms with van der Waals surface area (Å²) < 4.78 is 0. The van der Waals surface area contributed by atoms with E-state index in [0.717, 1.165) is 32.7 Å². The Hall–Kier alpha value is -1.49. The molecule has 0 aliphatic heterocycles. The minimum Gasteiger partial charge on any atom is -0.400 e. The fraction of sp³-hybridized carbons (Fsp3) is 0.583. The van der Waals surface area contributed by atoms with Gasteiger partial charge in [0.05, 0.1) is 0 Å². The monoisotopic (exact) mass is 243 g/mol. The number of hydrogen-bond donors (Lipinski definition) is 1. The molecule has 5 heteroatoms. The lowest BCUT2D eigenvalue weighted by Gasteiger charge is -2.14. The summed E-state index contributed by atoms with van der Waals surface area (Å²) in [5, 5.41) is 7.00. The zero-order chi connectivity index (χ0) is 13.5. The summed E-state index contributed by atoms with van der Waals surface area (Å²) in [5.41, 5.74) is 0. The van der Waals surface area contributed by atoms with E-state index in [2.05, 4.69) is 0 Å². The van der Waals surface area contributed by atoms with Gasteiger partial charge in [-0.3, -0.25) is 9.59 Å². The highest BCUT2D eigenvalue weighted by Crippen LogP contribution is 1.99. The van der Waals surface area contributed by atoms with E-state index in [4.69, 9.17) is 5.11 Å². The molecule has 0 unspecified atom stereocenters. The van der Waals surface area contributed by atoms with E-state index in [-0.39, 0.29) is 5.91 Å². The smallest absolute Gasteiger partial charge is 0.246 e. The first-order chi connectivity index (χ1) is 8.22. The first kappa shape index (κ1) is 17.9. The summed E-state index contributed by atoms with van der Waals surface area (Å²) in [6.45, 7) is 0.654. The van der Waals surface area contributed by atoms with Crippen LogP contribution in [0.1, 0.15) is 25.7 Å². The highest BCUT2D eigenvalue weighted by Gasteiger charge is 2.03. The molecule has 0 aromatic rings. The van der Waals surface area contributed by atoms with Gasteiger partial charge in [-0.15, -0.1) is 0 Å². The van der Waals surface area contributed by atoms with Gasteiger partial charge in [-0.2, -0.15) is 0 Å². The summed E-state index contributed by atoms with van der Waals surface area (Å²) in [5.74, 6) is -0.169. The molecule has 0 heterocycles. The molecule has 0 atom stereocenters. The van der Waals surface area contributed by atoms with Gasteiger partial charge < -0.3 is 14.8 Å². The van der Waals surface area contributed by atoms with Crippen molar-refractivity contribution in [2.45, 2.75) is 25.7 Å². The Bertz CT molecular complexity index is 239. The number of nitrogens with zero attached hydrogens (tertiary/aromatic N) is 1. The largest absolute Gasteiger partial charge is 0.400 e. The van der Waals surface area contributed by atoms with Crippen LogP contribution in [0.3, 0.4) is 0 Å². The molecule has 1 N–H and O–H groups in total. The molecular formula is C12H21NO4. The normalized spacial score (nSPS) is 9.35. The van der Waals surface area contributed by atoms with Gasteiger partial charge in [0, 0.05) is 33.2 Å². The van der Waals surface area contributed by atoms with Crippen molar-refractivity contribution in [3.05, 3.63) is 12.2 Å². The van der Waals surface area contributed by atoms with Crippen molar-refractivity contribution in [3.8, 4) is 0 Å². The quantitative estimate of drug-likeness (QED) is 0.384. The van der Waals surface area contributed by atoms with Crippen LogP contribution < -0.4 is 0 Å². The predicted molar refractivity (Wildman–Crippen MR) is 65.5 cm³/mol. The third-order valence-electron chi connectivity index (χ3n) is 2.01. The molecule has 0 saturated heterocycles. The number of aldehydes is 2. The number of rotatable bonds is 8. The second-order valence-corrected chi connectivity index (χ2v) is 3.27. The SMILES string of the molecule is CN(CCCCCC=O)C(=O)/C=C\C=O.CO. The Kier molecular flexibility index (Phi) is 15.3. The molecule has 0 aromatic carbocycles. The van der Waals surface area contributed by atoms with Crippen molar-refractivity contribution in [1.82, 2.24) is 4.90 Å². The second kappa shape index (κ2) is 14.5. The van der Waals surface area contributed by atoms with Gasteiger partial charge >= 0.3 is 0 Å². The topological polar surface area (TPSA) is 74.7 Å². The lowest BCUT2D eigenvalue weighted by molar-refractivity contribution is -0.125. The molecule has 0 spiro atoms. The van der Waals surface area contributed by atoms with Crippen LogP contribution in [0.4, 0.5) is 0 Å². The third-order valence-corrected chi connectivity index (χ3v) is 2.01. The van der Waals surface area contributed by atoms with Crippen molar-refractivity contribution >= 4 is 18.5 Å². The summed E-state index contributed by atoms with van der Waals surface area (Å²) in [7, 11) is 2.69. The first-order valence-electron chi connectivity index (χ1n) is 5.47. The molecule has 17 heavy (non-hydrogen) atoms. The molecule has 98 valence electrons. The Morgan fingerprint density at radius 1 is 1.18 bits per heavy atom. The molecule has 0 aliphatic carbocycles. The van der Waals surface area contributed by atoms with Gasteiger partial charge in [-0.25, -0.2) is 0 Å². The number of allylic oxidation sites excluding steroid dienone is 1. The molecule has 0 bridgehead atoms. The minimum atomic E-state index is -0.169. The highest BCUT2D eigenvalue weighted by atomic mass is 16.2. The number of hydrogen-bond acceptors (Lipinski definition) is 4. The van der Waals surface area contributed by atoms with E-state index < -0.39 is 0 Å². The minimum absolute atomic E-state index is 0.169. The fourth-order valence-corrected chi connectivity index (χ4v) is 1.11. The Morgan fingerprint density at radius 2 is 1.82 bits per heavy atom. The standard InChI is InChI=1S/C11H17NO3.CH4O/c1-12(11(15)7-6-10-14)8-4-2-3-5-9-13;1-2/h6-7,9-10H,2-5,8H2,1H3;2H,1H3/b7-6-;. The van der Waals surface area contributed by atoms with E-state index in [1.165, 1.54) is 12.2 Å².